The SMILES string of the molecule is Cc1cc(NC(=O)NC(=O)c2c(Cl)cccc2Cl)cc(C)c1Oc1ccc(C#N)c(Cl)n1. The number of nitriles is 1. The number of imide groups is 1. The van der Waals surface area contributed by atoms with E-state index < -0.39 is 11.9 Å². The lowest BCUT2D eigenvalue weighted by molar-refractivity contribution is 0.0967. The highest BCUT2D eigenvalue weighted by molar-refractivity contribution is 6.40. The highest BCUT2D eigenvalue weighted by atomic mass is 35.5. The summed E-state index contributed by atoms with van der Waals surface area (Å²) in [5, 5.41) is 14.0. The highest BCUT2D eigenvalue weighted by Gasteiger charge is 2.18. The number of nitrogens with zero attached hydrogens (tertiary/aromatic N) is 2. The molecule has 1 heterocycles. The Morgan fingerprint density at radius 3 is 2.22 bits per heavy atom. The van der Waals surface area contributed by atoms with Gasteiger partial charge < -0.3 is 10.1 Å². The fourth-order valence-electron chi connectivity index (χ4n) is 2.89. The first kappa shape index (κ1) is 23.4. The van der Waals surface area contributed by atoms with E-state index in [1.165, 1.54) is 24.3 Å². The number of carbonyl (C=O) groups is 2. The van der Waals surface area contributed by atoms with Crippen molar-refractivity contribution in [2.24, 2.45) is 0 Å². The molecule has 162 valence electrons. The molecule has 10 heteroatoms. The third-order valence-corrected chi connectivity index (χ3v) is 5.20. The van der Waals surface area contributed by atoms with Gasteiger partial charge in [0.1, 0.15) is 11.8 Å². The third-order valence-electron chi connectivity index (χ3n) is 4.29. The normalized spacial score (nSPS) is 10.2. The number of hydrogen-bond acceptors (Lipinski definition) is 5. The Bertz CT molecular complexity index is 1230. The number of amides is 3. The molecule has 0 saturated heterocycles. The van der Waals surface area contributed by atoms with Crippen LogP contribution in [0.1, 0.15) is 27.0 Å². The standard InChI is InChI=1S/C22H15Cl3N4O3/c1-11-8-14(27-22(31)29-21(30)18-15(23)4-3-5-16(18)24)9-12(2)19(11)32-17-7-6-13(10-26)20(25)28-17/h3-9H,1-2H3,(H2,27,29,30,31). The number of hydrogen-bond donors (Lipinski definition) is 2. The first-order chi connectivity index (χ1) is 15.2. The van der Waals surface area contributed by atoms with Crippen molar-refractivity contribution in [3.05, 3.63) is 79.9 Å². The molecule has 3 aromatic rings. The van der Waals surface area contributed by atoms with Gasteiger partial charge in [-0.25, -0.2) is 4.79 Å². The third kappa shape index (κ3) is 5.29. The number of rotatable bonds is 4. The smallest absolute Gasteiger partial charge is 0.326 e. The fraction of sp³-hybridized carbons (Fsp3) is 0.0909. The van der Waals surface area contributed by atoms with Gasteiger partial charge in [0.15, 0.2) is 5.15 Å². The molecule has 2 N–H and O–H groups in total. The predicted octanol–water partition coefficient (Wildman–Crippen LogP) is 6.28. The summed E-state index contributed by atoms with van der Waals surface area (Å²) in [6.45, 7) is 3.57. The van der Waals surface area contributed by atoms with E-state index in [0.29, 0.717) is 22.6 Å². The van der Waals surface area contributed by atoms with Crippen LogP contribution in [0.15, 0.2) is 42.5 Å². The van der Waals surface area contributed by atoms with E-state index in [0.717, 1.165) is 0 Å². The topological polar surface area (TPSA) is 104 Å². The molecule has 7 nitrogen and oxygen atoms in total. The van der Waals surface area contributed by atoms with Gasteiger partial charge in [-0.2, -0.15) is 10.2 Å². The van der Waals surface area contributed by atoms with Gasteiger partial charge in [-0.1, -0.05) is 40.9 Å². The van der Waals surface area contributed by atoms with Crippen molar-refractivity contribution in [1.29, 1.82) is 5.26 Å². The number of benzene rings is 2. The van der Waals surface area contributed by atoms with Crippen LogP contribution in [-0.2, 0) is 0 Å². The van der Waals surface area contributed by atoms with Crippen LogP contribution in [0.3, 0.4) is 0 Å². The van der Waals surface area contributed by atoms with Crippen molar-refractivity contribution in [3.8, 4) is 17.7 Å². The monoisotopic (exact) mass is 488 g/mol. The Labute approximate surface area is 198 Å². The van der Waals surface area contributed by atoms with Gasteiger partial charge >= 0.3 is 6.03 Å². The van der Waals surface area contributed by atoms with Gasteiger partial charge in [-0.3, -0.25) is 10.1 Å². The maximum absolute atomic E-state index is 12.4. The molecule has 1 aromatic heterocycles. The molecule has 2 aromatic carbocycles. The predicted molar refractivity (Wildman–Crippen MR) is 123 cm³/mol. The van der Waals surface area contributed by atoms with Crippen molar-refractivity contribution in [3.63, 3.8) is 0 Å². The van der Waals surface area contributed by atoms with Crippen LogP contribution < -0.4 is 15.4 Å². The lowest BCUT2D eigenvalue weighted by Crippen LogP contribution is -2.34. The molecule has 32 heavy (non-hydrogen) atoms. The molecule has 0 unspecified atom stereocenters. The molecule has 0 fully saturated rings. The van der Waals surface area contributed by atoms with Crippen LogP contribution in [0.25, 0.3) is 0 Å². The van der Waals surface area contributed by atoms with E-state index in [4.69, 9.17) is 44.8 Å². The molecule has 0 saturated carbocycles. The molecular weight excluding hydrogens is 475 g/mol. The maximum Gasteiger partial charge on any atom is 0.326 e. The summed E-state index contributed by atoms with van der Waals surface area (Å²) in [5.41, 5.74) is 2.08. The molecule has 0 aliphatic heterocycles. The molecule has 0 aliphatic rings. The second-order valence-corrected chi connectivity index (χ2v) is 7.82. The first-order valence-electron chi connectivity index (χ1n) is 9.11. The zero-order chi connectivity index (χ0) is 23.4. The molecule has 0 radical (unpaired) electrons. The van der Waals surface area contributed by atoms with E-state index in [1.807, 2.05) is 6.07 Å². The minimum Gasteiger partial charge on any atom is -0.438 e. The molecule has 3 amide bonds. The van der Waals surface area contributed by atoms with E-state index in [2.05, 4.69) is 15.6 Å². The van der Waals surface area contributed by atoms with E-state index in [9.17, 15) is 9.59 Å². The average Bonchev–Trinajstić information content (AvgIpc) is 2.70. The number of carbonyl (C=O) groups excluding carboxylic acids is 2. The number of pyridine rings is 1. The largest absolute Gasteiger partial charge is 0.438 e. The summed E-state index contributed by atoms with van der Waals surface area (Å²) in [6, 6.07) is 12.2. The van der Waals surface area contributed by atoms with Crippen molar-refractivity contribution in [2.75, 3.05) is 5.32 Å². The Balaban J connectivity index is 1.73. The second kappa shape index (κ2) is 9.88. The summed E-state index contributed by atoms with van der Waals surface area (Å²) in [5.74, 6) is 0.0132. The first-order valence-corrected chi connectivity index (χ1v) is 10.2. The number of nitrogens with one attached hydrogen (secondary N) is 2. The van der Waals surface area contributed by atoms with Crippen LogP contribution >= 0.6 is 34.8 Å². The second-order valence-electron chi connectivity index (χ2n) is 6.65. The summed E-state index contributed by atoms with van der Waals surface area (Å²) in [4.78, 5) is 28.7. The van der Waals surface area contributed by atoms with Gasteiger partial charge in [0.05, 0.1) is 21.2 Å². The number of anilines is 1. The Hall–Kier alpha value is -3.31. The Kier molecular flexibility index (Phi) is 7.21. The van der Waals surface area contributed by atoms with Gasteiger partial charge in [0, 0.05) is 11.8 Å². The molecule has 0 atom stereocenters. The van der Waals surface area contributed by atoms with Crippen molar-refractivity contribution in [2.45, 2.75) is 13.8 Å². The number of aromatic nitrogens is 1. The zero-order valence-electron chi connectivity index (χ0n) is 16.8. The Morgan fingerprint density at radius 1 is 1.03 bits per heavy atom. The lowest BCUT2D eigenvalue weighted by atomic mass is 10.1. The minimum absolute atomic E-state index is 0.00988. The van der Waals surface area contributed by atoms with Crippen LogP contribution in [0, 0.1) is 25.2 Å². The van der Waals surface area contributed by atoms with Crippen molar-refractivity contribution in [1.82, 2.24) is 10.3 Å². The van der Waals surface area contributed by atoms with Gasteiger partial charge in [-0.05, 0) is 55.3 Å². The zero-order valence-corrected chi connectivity index (χ0v) is 19.1. The summed E-state index contributed by atoms with van der Waals surface area (Å²) < 4.78 is 5.81. The maximum atomic E-state index is 12.4. The summed E-state index contributed by atoms with van der Waals surface area (Å²) in [6.07, 6.45) is 0. The number of halogens is 3. The Morgan fingerprint density at radius 2 is 1.66 bits per heavy atom. The van der Waals surface area contributed by atoms with Crippen LogP contribution in [0.5, 0.6) is 11.6 Å². The molecule has 0 aliphatic carbocycles. The minimum atomic E-state index is -0.751. The molecule has 3 rings (SSSR count). The summed E-state index contributed by atoms with van der Waals surface area (Å²) >= 11 is 18.0. The van der Waals surface area contributed by atoms with Gasteiger partial charge in [-0.15, -0.1) is 0 Å². The van der Waals surface area contributed by atoms with E-state index >= 15 is 0 Å². The number of aryl methyl sites for hydroxylation is 2. The lowest BCUT2D eigenvalue weighted by Gasteiger charge is -2.14. The van der Waals surface area contributed by atoms with E-state index in [-0.39, 0.29) is 32.2 Å². The van der Waals surface area contributed by atoms with Gasteiger partial charge in [0.25, 0.3) is 5.91 Å². The van der Waals surface area contributed by atoms with Crippen molar-refractivity contribution < 1.29 is 14.3 Å². The number of urea groups is 1. The van der Waals surface area contributed by atoms with E-state index in [1.54, 1.807) is 32.0 Å². The van der Waals surface area contributed by atoms with Gasteiger partial charge in [0.2, 0.25) is 5.88 Å². The van der Waals surface area contributed by atoms with Crippen LogP contribution in [0.2, 0.25) is 15.2 Å². The fourth-order valence-corrected chi connectivity index (χ4v) is 3.65. The quantitative estimate of drug-likeness (QED) is 0.419. The highest BCUT2D eigenvalue weighted by Crippen LogP contribution is 2.32. The van der Waals surface area contributed by atoms with Crippen LogP contribution in [-0.4, -0.2) is 16.9 Å². The summed E-state index contributed by atoms with van der Waals surface area (Å²) in [7, 11) is 0. The molecule has 0 spiro atoms. The molecule has 0 bridgehead atoms. The average molecular weight is 490 g/mol. The number of ether oxygens (including phenoxy) is 1. The van der Waals surface area contributed by atoms with Crippen LogP contribution in [0.4, 0.5) is 10.5 Å². The van der Waals surface area contributed by atoms with Crippen molar-refractivity contribution >= 4 is 52.4 Å². The molecular formula is C22H15Cl3N4O3.